The highest BCUT2D eigenvalue weighted by atomic mass is 16.7. The van der Waals surface area contributed by atoms with Crippen molar-refractivity contribution < 1.29 is 28.3 Å². The zero-order valence-electron chi connectivity index (χ0n) is 17.0. The van der Waals surface area contributed by atoms with E-state index in [2.05, 4.69) is 12.1 Å². The van der Waals surface area contributed by atoms with Crippen LogP contribution in [0.2, 0.25) is 0 Å². The number of para-hydroxylation sites is 1. The van der Waals surface area contributed by atoms with E-state index in [1.165, 1.54) is 10.5 Å². The molecule has 3 heterocycles. The lowest BCUT2D eigenvalue weighted by Gasteiger charge is -2.32. The minimum absolute atomic E-state index is 0.0552. The number of rotatable bonds is 5. The lowest BCUT2D eigenvalue weighted by Crippen LogP contribution is -3.13. The number of amides is 1. The van der Waals surface area contributed by atoms with Crippen molar-refractivity contribution in [3.63, 3.8) is 0 Å². The number of piperazine rings is 1. The Morgan fingerprint density at radius 3 is 2.73 bits per heavy atom. The van der Waals surface area contributed by atoms with Crippen LogP contribution in [0.25, 0.3) is 11.0 Å². The molecule has 156 valence electrons. The number of nitrogens with zero attached hydrogens (tertiary/aromatic N) is 1. The quantitative estimate of drug-likeness (QED) is 0.697. The predicted octanol–water partition coefficient (Wildman–Crippen LogP) is 1.85. The summed E-state index contributed by atoms with van der Waals surface area (Å²) in [6.45, 7) is 4.72. The molecule has 2 aliphatic rings. The number of benzene rings is 2. The van der Waals surface area contributed by atoms with Crippen LogP contribution in [0.4, 0.5) is 0 Å². The number of methoxy groups -OCH3 is 1. The van der Waals surface area contributed by atoms with Crippen LogP contribution in [0.1, 0.15) is 21.7 Å². The van der Waals surface area contributed by atoms with Gasteiger partial charge < -0.3 is 28.4 Å². The first-order valence-corrected chi connectivity index (χ1v) is 10.2. The Bertz CT molecular complexity index is 1070. The molecule has 5 rings (SSSR count). The van der Waals surface area contributed by atoms with Gasteiger partial charge in [-0.1, -0.05) is 18.2 Å². The molecule has 0 unspecified atom stereocenters. The van der Waals surface area contributed by atoms with Gasteiger partial charge in [-0.2, -0.15) is 0 Å². The van der Waals surface area contributed by atoms with E-state index in [1.807, 2.05) is 35.2 Å². The summed E-state index contributed by atoms with van der Waals surface area (Å²) < 4.78 is 22.1. The molecule has 2 aliphatic heterocycles. The fraction of sp³-hybridized carbons (Fsp3) is 0.348. The van der Waals surface area contributed by atoms with Crippen molar-refractivity contribution >= 4 is 16.9 Å². The fourth-order valence-corrected chi connectivity index (χ4v) is 4.25. The molecular formula is C23H25N2O5+. The van der Waals surface area contributed by atoms with Gasteiger partial charge in [0.25, 0.3) is 5.91 Å². The van der Waals surface area contributed by atoms with Crippen LogP contribution in [-0.2, 0) is 17.9 Å². The fourth-order valence-electron chi connectivity index (χ4n) is 4.25. The van der Waals surface area contributed by atoms with Gasteiger partial charge in [0, 0.05) is 23.6 Å². The molecule has 0 bridgehead atoms. The van der Waals surface area contributed by atoms with Crippen molar-refractivity contribution in [3.05, 3.63) is 59.4 Å². The normalized spacial score (nSPS) is 16.4. The molecule has 2 aromatic carbocycles. The van der Waals surface area contributed by atoms with Crippen LogP contribution in [0, 0.1) is 0 Å². The maximum Gasteiger partial charge on any atom is 0.290 e. The van der Waals surface area contributed by atoms with Crippen LogP contribution < -0.4 is 14.4 Å². The lowest BCUT2D eigenvalue weighted by molar-refractivity contribution is -0.917. The van der Waals surface area contributed by atoms with Crippen LogP contribution in [-0.4, -0.2) is 50.9 Å². The molecule has 30 heavy (non-hydrogen) atoms. The van der Waals surface area contributed by atoms with E-state index in [0.29, 0.717) is 32.2 Å². The maximum atomic E-state index is 13.2. The molecule has 3 aromatic rings. The molecular weight excluding hydrogens is 384 g/mol. The molecule has 0 aliphatic carbocycles. The first-order valence-electron chi connectivity index (χ1n) is 10.2. The Hall–Kier alpha value is -3.03. The summed E-state index contributed by atoms with van der Waals surface area (Å²) >= 11 is 0. The highest BCUT2D eigenvalue weighted by Crippen LogP contribution is 2.32. The molecule has 0 spiro atoms. The zero-order valence-corrected chi connectivity index (χ0v) is 17.0. The number of nitrogens with one attached hydrogen (secondary N) is 1. The molecule has 0 radical (unpaired) electrons. The number of carbonyl (C=O) groups is 1. The number of quaternary nitrogens is 1. The Morgan fingerprint density at radius 1 is 1.10 bits per heavy atom. The number of fused-ring (bicyclic) bond motifs is 2. The summed E-state index contributed by atoms with van der Waals surface area (Å²) in [6.07, 6.45) is 0. The Kier molecular flexibility index (Phi) is 5.06. The van der Waals surface area contributed by atoms with Gasteiger partial charge in [0.1, 0.15) is 12.1 Å². The van der Waals surface area contributed by atoms with Crippen molar-refractivity contribution in [2.75, 3.05) is 40.1 Å². The minimum atomic E-state index is -0.0552. The third kappa shape index (κ3) is 3.51. The van der Waals surface area contributed by atoms with E-state index in [4.69, 9.17) is 18.6 Å². The smallest absolute Gasteiger partial charge is 0.290 e. The van der Waals surface area contributed by atoms with Crippen molar-refractivity contribution in [2.45, 2.75) is 13.2 Å². The third-order valence-corrected chi connectivity index (χ3v) is 5.83. The summed E-state index contributed by atoms with van der Waals surface area (Å²) in [4.78, 5) is 16.5. The average Bonchev–Trinajstić information content (AvgIpc) is 3.39. The molecule has 7 heteroatoms. The number of carbonyl (C=O) groups excluding carboxylic acids is 1. The molecule has 7 nitrogen and oxygen atoms in total. The highest BCUT2D eigenvalue weighted by Gasteiger charge is 2.29. The van der Waals surface area contributed by atoms with Gasteiger partial charge in [-0.15, -0.1) is 0 Å². The monoisotopic (exact) mass is 409 g/mol. The summed E-state index contributed by atoms with van der Waals surface area (Å²) in [5.74, 6) is 1.97. The van der Waals surface area contributed by atoms with Gasteiger partial charge in [0.05, 0.1) is 32.8 Å². The Balaban J connectivity index is 1.26. The van der Waals surface area contributed by atoms with Crippen LogP contribution in [0.5, 0.6) is 11.5 Å². The summed E-state index contributed by atoms with van der Waals surface area (Å²) in [5, 5.41) is 0.940. The minimum Gasteiger partial charge on any atom is -0.454 e. The van der Waals surface area contributed by atoms with Crippen molar-refractivity contribution in [1.29, 1.82) is 0 Å². The van der Waals surface area contributed by atoms with E-state index in [0.717, 1.165) is 47.7 Å². The first kappa shape index (κ1) is 19.0. The number of ether oxygens (including phenoxy) is 3. The van der Waals surface area contributed by atoms with Gasteiger partial charge in [0.15, 0.2) is 17.3 Å². The van der Waals surface area contributed by atoms with E-state index >= 15 is 0 Å². The molecule has 1 fully saturated rings. The summed E-state index contributed by atoms with van der Waals surface area (Å²) in [5.41, 5.74) is 2.77. The topological polar surface area (TPSA) is 65.6 Å². The number of furan rings is 1. The standard InChI is InChI=1S/C23H24N2O5/c1-27-14-18-17-4-2-3-5-19(17)30-22(18)23(26)25-10-8-24(9-11-25)13-16-6-7-20-21(12-16)29-15-28-20/h2-7,12H,8-11,13-15H2,1H3/p+1. The maximum absolute atomic E-state index is 13.2. The molecule has 0 saturated carbocycles. The molecule has 1 saturated heterocycles. The molecule has 1 amide bonds. The summed E-state index contributed by atoms with van der Waals surface area (Å²) in [6, 6.07) is 13.8. The second-order valence-electron chi connectivity index (χ2n) is 7.75. The van der Waals surface area contributed by atoms with Crippen molar-refractivity contribution in [2.24, 2.45) is 0 Å². The average molecular weight is 409 g/mol. The summed E-state index contributed by atoms with van der Waals surface area (Å²) in [7, 11) is 1.63. The first-order chi connectivity index (χ1) is 14.7. The van der Waals surface area contributed by atoms with Crippen LogP contribution >= 0.6 is 0 Å². The van der Waals surface area contributed by atoms with E-state index in [-0.39, 0.29) is 5.91 Å². The van der Waals surface area contributed by atoms with Gasteiger partial charge in [-0.05, 0) is 24.3 Å². The zero-order chi connectivity index (χ0) is 20.5. The second-order valence-corrected chi connectivity index (χ2v) is 7.75. The van der Waals surface area contributed by atoms with E-state index < -0.39 is 0 Å². The second kappa shape index (κ2) is 8.01. The SMILES string of the molecule is COCc1c(C(=O)N2CC[NH+](Cc3ccc4c(c3)OCO4)CC2)oc2ccccc12. The third-order valence-electron chi connectivity index (χ3n) is 5.83. The van der Waals surface area contributed by atoms with Gasteiger partial charge in [0.2, 0.25) is 6.79 Å². The number of hydrogen-bond donors (Lipinski definition) is 1. The van der Waals surface area contributed by atoms with Crippen LogP contribution in [0.15, 0.2) is 46.9 Å². The van der Waals surface area contributed by atoms with E-state index in [9.17, 15) is 4.79 Å². The van der Waals surface area contributed by atoms with Gasteiger partial charge in [-0.25, -0.2) is 0 Å². The number of hydrogen-bond acceptors (Lipinski definition) is 5. The van der Waals surface area contributed by atoms with E-state index in [1.54, 1.807) is 7.11 Å². The van der Waals surface area contributed by atoms with Crippen molar-refractivity contribution in [3.8, 4) is 11.5 Å². The lowest BCUT2D eigenvalue weighted by atomic mass is 10.1. The molecule has 1 N–H and O–H groups in total. The largest absolute Gasteiger partial charge is 0.454 e. The molecule has 1 aromatic heterocycles. The van der Waals surface area contributed by atoms with Gasteiger partial charge >= 0.3 is 0 Å². The highest BCUT2D eigenvalue weighted by molar-refractivity contribution is 5.99. The Labute approximate surface area is 174 Å². The predicted molar refractivity (Wildman–Crippen MR) is 110 cm³/mol. The molecule has 0 atom stereocenters. The van der Waals surface area contributed by atoms with Gasteiger partial charge in [-0.3, -0.25) is 4.79 Å². The Morgan fingerprint density at radius 2 is 1.90 bits per heavy atom. The van der Waals surface area contributed by atoms with Crippen molar-refractivity contribution in [1.82, 2.24) is 4.90 Å². The van der Waals surface area contributed by atoms with Crippen LogP contribution in [0.3, 0.4) is 0 Å².